The molecule has 1 aliphatic carbocycles. The molecule has 5 rings (SSSR count). The van der Waals surface area contributed by atoms with Gasteiger partial charge in [0.1, 0.15) is 0 Å². The number of nitrogens with zero attached hydrogens (tertiary/aromatic N) is 3. The van der Waals surface area contributed by atoms with Crippen LogP contribution in [0.2, 0.25) is 5.02 Å². The normalized spacial score (nSPS) is 21.0. The van der Waals surface area contributed by atoms with Crippen LogP contribution in [-0.2, 0) is 14.3 Å². The molecule has 1 unspecified atom stereocenters. The van der Waals surface area contributed by atoms with Crippen molar-refractivity contribution in [2.75, 3.05) is 26.2 Å². The number of fused-ring (bicyclic) bond motifs is 1. The zero-order chi connectivity index (χ0) is 23.7. The molecule has 1 aromatic heterocycles. The highest BCUT2D eigenvalue weighted by Crippen LogP contribution is 2.24. The summed E-state index contributed by atoms with van der Waals surface area (Å²) < 4.78 is 11.0. The van der Waals surface area contributed by atoms with E-state index in [1.165, 1.54) is 6.26 Å². The topological polar surface area (TPSA) is 92.4 Å². The summed E-state index contributed by atoms with van der Waals surface area (Å²) in [6, 6.07) is 10.3. The van der Waals surface area contributed by atoms with Crippen molar-refractivity contribution in [1.82, 2.24) is 9.80 Å². The number of halogens is 1. The number of carbonyl (C=O) groups excluding carboxylic acids is 3. The van der Waals surface area contributed by atoms with Gasteiger partial charge in [0.15, 0.2) is 17.6 Å². The molecule has 1 fully saturated rings. The molecule has 2 aliphatic heterocycles. The number of amides is 3. The van der Waals surface area contributed by atoms with Crippen molar-refractivity contribution in [3.05, 3.63) is 88.6 Å². The van der Waals surface area contributed by atoms with E-state index in [1.54, 1.807) is 64.4 Å². The van der Waals surface area contributed by atoms with Gasteiger partial charge in [-0.25, -0.2) is 4.99 Å². The van der Waals surface area contributed by atoms with Crippen LogP contribution in [0.5, 0.6) is 0 Å². The molecule has 0 spiro atoms. The van der Waals surface area contributed by atoms with Crippen molar-refractivity contribution in [2.24, 2.45) is 4.99 Å². The average Bonchev–Trinajstić information content (AvgIpc) is 3.39. The number of carbonyl (C=O) groups is 3. The summed E-state index contributed by atoms with van der Waals surface area (Å²) >= 11 is 6.01. The van der Waals surface area contributed by atoms with Crippen LogP contribution in [0.3, 0.4) is 0 Å². The van der Waals surface area contributed by atoms with Gasteiger partial charge in [-0.3, -0.25) is 14.4 Å². The summed E-state index contributed by atoms with van der Waals surface area (Å²) in [4.78, 5) is 45.4. The lowest BCUT2D eigenvalue weighted by Crippen LogP contribution is -2.51. The van der Waals surface area contributed by atoms with Crippen LogP contribution in [0.4, 0.5) is 0 Å². The van der Waals surface area contributed by atoms with Crippen molar-refractivity contribution in [2.45, 2.75) is 6.10 Å². The molecule has 0 bridgehead atoms. The molecule has 2 aromatic rings. The third kappa shape index (κ3) is 4.45. The Kier molecular flexibility index (Phi) is 5.90. The fraction of sp³-hybridized carbons (Fsp3) is 0.200. The van der Waals surface area contributed by atoms with Gasteiger partial charge in [-0.15, -0.1) is 0 Å². The second-order valence-electron chi connectivity index (χ2n) is 7.96. The van der Waals surface area contributed by atoms with E-state index in [-0.39, 0.29) is 23.3 Å². The number of benzene rings is 1. The number of aliphatic imine (C=N–C) groups is 1. The van der Waals surface area contributed by atoms with Gasteiger partial charge in [-0.05, 0) is 54.1 Å². The van der Waals surface area contributed by atoms with Gasteiger partial charge in [-0.1, -0.05) is 23.7 Å². The Balaban J connectivity index is 1.25. The van der Waals surface area contributed by atoms with Gasteiger partial charge in [0.25, 0.3) is 11.8 Å². The predicted octanol–water partition coefficient (Wildman–Crippen LogP) is 3.12. The minimum atomic E-state index is -0.553. The smallest absolute Gasteiger partial charge is 0.312 e. The Labute approximate surface area is 200 Å². The van der Waals surface area contributed by atoms with Crippen molar-refractivity contribution in [3.8, 4) is 0 Å². The van der Waals surface area contributed by atoms with Crippen LogP contribution >= 0.6 is 11.6 Å². The molecule has 1 aromatic carbocycles. The first-order chi connectivity index (χ1) is 16.5. The van der Waals surface area contributed by atoms with E-state index in [9.17, 15) is 14.4 Å². The third-order valence-corrected chi connectivity index (χ3v) is 5.96. The number of hydrogen-bond acceptors (Lipinski definition) is 5. The van der Waals surface area contributed by atoms with Gasteiger partial charge < -0.3 is 19.0 Å². The van der Waals surface area contributed by atoms with E-state index in [0.717, 1.165) is 5.56 Å². The highest BCUT2D eigenvalue weighted by atomic mass is 35.5. The molecule has 8 nitrogen and oxygen atoms in total. The molecule has 9 heteroatoms. The van der Waals surface area contributed by atoms with Gasteiger partial charge in [-0.2, -0.15) is 0 Å². The lowest BCUT2D eigenvalue weighted by Gasteiger charge is -2.35. The molecule has 3 heterocycles. The Hall–Kier alpha value is -3.91. The maximum absolute atomic E-state index is 13.0. The van der Waals surface area contributed by atoms with Crippen molar-refractivity contribution < 1.29 is 23.5 Å². The highest BCUT2D eigenvalue weighted by molar-refractivity contribution is 6.30. The average molecular weight is 478 g/mol. The van der Waals surface area contributed by atoms with Crippen LogP contribution in [0.25, 0.3) is 6.08 Å². The van der Waals surface area contributed by atoms with Crippen LogP contribution in [-0.4, -0.2) is 65.5 Å². The first kappa shape index (κ1) is 21.9. The van der Waals surface area contributed by atoms with Crippen LogP contribution < -0.4 is 0 Å². The zero-order valence-corrected chi connectivity index (χ0v) is 18.8. The maximum Gasteiger partial charge on any atom is 0.312 e. The van der Waals surface area contributed by atoms with E-state index >= 15 is 0 Å². The quantitative estimate of drug-likeness (QED) is 0.633. The van der Waals surface area contributed by atoms with Crippen molar-refractivity contribution in [1.29, 1.82) is 0 Å². The third-order valence-electron chi connectivity index (χ3n) is 5.72. The molecular formula is C25H20ClN3O5. The maximum atomic E-state index is 13.0. The molecule has 34 heavy (non-hydrogen) atoms. The zero-order valence-electron chi connectivity index (χ0n) is 18.0. The Morgan fingerprint density at radius 3 is 2.53 bits per heavy atom. The fourth-order valence-electron chi connectivity index (χ4n) is 3.96. The van der Waals surface area contributed by atoms with Crippen LogP contribution in [0, 0.1) is 0 Å². The molecule has 172 valence electrons. The van der Waals surface area contributed by atoms with E-state index < -0.39 is 12.0 Å². The second kappa shape index (κ2) is 9.15. The number of ether oxygens (including phenoxy) is 1. The van der Waals surface area contributed by atoms with E-state index in [2.05, 4.69) is 4.99 Å². The molecule has 0 N–H and O–H groups in total. The van der Waals surface area contributed by atoms with E-state index in [4.69, 9.17) is 20.8 Å². The summed E-state index contributed by atoms with van der Waals surface area (Å²) in [7, 11) is 0. The summed E-state index contributed by atoms with van der Waals surface area (Å²) in [5.74, 6) is -0.496. The molecule has 3 amide bonds. The van der Waals surface area contributed by atoms with Crippen LogP contribution in [0.15, 0.2) is 81.6 Å². The number of rotatable bonds is 3. The van der Waals surface area contributed by atoms with Gasteiger partial charge in [0, 0.05) is 36.8 Å². The van der Waals surface area contributed by atoms with Crippen molar-refractivity contribution >= 4 is 41.1 Å². The van der Waals surface area contributed by atoms with E-state index in [0.29, 0.717) is 42.5 Å². The second-order valence-corrected chi connectivity index (χ2v) is 8.40. The Morgan fingerprint density at radius 1 is 1.06 bits per heavy atom. The molecular weight excluding hydrogens is 458 g/mol. The summed E-state index contributed by atoms with van der Waals surface area (Å²) in [5.41, 5.74) is 1.52. The Bertz CT molecular complexity index is 1270. The predicted molar refractivity (Wildman–Crippen MR) is 125 cm³/mol. The molecule has 1 saturated heterocycles. The van der Waals surface area contributed by atoms with Crippen molar-refractivity contribution in [3.63, 3.8) is 0 Å². The minimum Gasteiger partial charge on any atom is -0.474 e. The Morgan fingerprint density at radius 2 is 1.82 bits per heavy atom. The molecule has 0 radical (unpaired) electrons. The highest BCUT2D eigenvalue weighted by Gasteiger charge is 2.31. The summed E-state index contributed by atoms with van der Waals surface area (Å²) in [6.45, 7) is 1.61. The summed E-state index contributed by atoms with van der Waals surface area (Å²) in [6.07, 6.45) is 7.47. The number of furan rings is 1. The fourth-order valence-corrected chi connectivity index (χ4v) is 4.16. The minimum absolute atomic E-state index is 0.112. The summed E-state index contributed by atoms with van der Waals surface area (Å²) in [5, 5.41) is 0.552. The number of hydrogen-bond donors (Lipinski definition) is 0. The lowest BCUT2D eigenvalue weighted by atomic mass is 10.00. The lowest BCUT2D eigenvalue weighted by molar-refractivity contribution is -0.128. The SMILES string of the molecule is O=C1N=C2C=C(C(=O)N3CCN(C(=O)c4ccco4)CC3)C=CC2O/C1=C/c1cccc(Cl)c1. The molecule has 3 aliphatic rings. The first-order valence-electron chi connectivity index (χ1n) is 10.8. The molecule has 1 atom stereocenters. The molecule has 0 saturated carbocycles. The largest absolute Gasteiger partial charge is 0.474 e. The van der Waals surface area contributed by atoms with Crippen LogP contribution in [0.1, 0.15) is 16.1 Å². The van der Waals surface area contributed by atoms with Gasteiger partial charge in [0.05, 0.1) is 12.0 Å². The monoisotopic (exact) mass is 477 g/mol. The van der Waals surface area contributed by atoms with E-state index in [1.807, 2.05) is 6.07 Å². The first-order valence-corrected chi connectivity index (χ1v) is 11.1. The standard InChI is InChI=1S/C25H20ClN3O5/c26-18-4-1-3-16(13-18)14-22-23(30)27-19-15-17(6-7-20(19)34-22)24(31)28-8-10-29(11-9-28)25(32)21-5-2-12-33-21/h1-7,12-15,20H,8-11H2/b22-14+. The van der Waals surface area contributed by atoms with Gasteiger partial charge in [0.2, 0.25) is 0 Å². The number of piperazine rings is 1. The van der Waals surface area contributed by atoms with Gasteiger partial charge >= 0.3 is 5.91 Å².